The van der Waals surface area contributed by atoms with Crippen LogP contribution in [0, 0.1) is 0 Å². The van der Waals surface area contributed by atoms with Crippen LogP contribution in [0.1, 0.15) is 11.3 Å². The first-order valence-corrected chi connectivity index (χ1v) is 6.78. The number of nitrogens with two attached hydrogens (primary N) is 1. The van der Waals surface area contributed by atoms with Crippen molar-refractivity contribution < 1.29 is 9.59 Å². The fourth-order valence-electron chi connectivity index (χ4n) is 1.51. The van der Waals surface area contributed by atoms with Crippen LogP contribution in [-0.2, 0) is 16.0 Å². The summed E-state index contributed by atoms with van der Waals surface area (Å²) in [5.41, 5.74) is 6.58. The van der Waals surface area contributed by atoms with E-state index in [4.69, 9.17) is 5.73 Å². The molecule has 0 aliphatic rings. The second kappa shape index (κ2) is 6.63. The quantitative estimate of drug-likeness (QED) is 0.823. The number of carbonyl (C=O) groups is 2. The summed E-state index contributed by atoms with van der Waals surface area (Å²) >= 11 is 1.26. The largest absolute Gasteiger partial charge is 0.369 e. The van der Waals surface area contributed by atoms with E-state index in [1.54, 1.807) is 11.5 Å². The molecule has 0 bridgehead atoms. The third kappa shape index (κ3) is 4.33. The Hall–Kier alpha value is -2.47. The fourth-order valence-corrected chi connectivity index (χ4v) is 2.22. The first-order chi connectivity index (χ1) is 9.63. The molecule has 0 saturated carbocycles. The number of amides is 2. The van der Waals surface area contributed by atoms with Crippen LogP contribution in [0.2, 0.25) is 0 Å². The van der Waals surface area contributed by atoms with E-state index in [-0.39, 0.29) is 12.3 Å². The van der Waals surface area contributed by atoms with Gasteiger partial charge in [0.2, 0.25) is 11.8 Å². The molecule has 0 radical (unpaired) electrons. The Morgan fingerprint density at radius 2 is 2.05 bits per heavy atom. The molecule has 1 aromatic carbocycles. The van der Waals surface area contributed by atoms with Crippen LogP contribution in [0.25, 0.3) is 6.08 Å². The lowest BCUT2D eigenvalue weighted by Crippen LogP contribution is -2.14. The van der Waals surface area contributed by atoms with Gasteiger partial charge in [0.05, 0.1) is 12.1 Å². The maximum absolute atomic E-state index is 11.7. The van der Waals surface area contributed by atoms with Crippen LogP contribution in [-0.4, -0.2) is 16.8 Å². The van der Waals surface area contributed by atoms with Crippen LogP contribution in [0.3, 0.4) is 0 Å². The van der Waals surface area contributed by atoms with Crippen LogP contribution in [0.5, 0.6) is 0 Å². The molecule has 0 spiro atoms. The summed E-state index contributed by atoms with van der Waals surface area (Å²) in [6.07, 6.45) is 3.23. The fraction of sp³-hybridized carbons (Fsp3) is 0.0714. The number of hydrogen-bond donors (Lipinski definition) is 2. The highest BCUT2D eigenvalue weighted by Gasteiger charge is 2.06. The number of primary amides is 1. The number of thiazole rings is 1. The van der Waals surface area contributed by atoms with E-state index in [2.05, 4.69) is 10.3 Å². The summed E-state index contributed by atoms with van der Waals surface area (Å²) in [7, 11) is 0. The van der Waals surface area contributed by atoms with E-state index < -0.39 is 5.91 Å². The summed E-state index contributed by atoms with van der Waals surface area (Å²) in [5.74, 6) is -0.717. The minimum Gasteiger partial charge on any atom is -0.369 e. The second-order valence-electron chi connectivity index (χ2n) is 4.02. The van der Waals surface area contributed by atoms with Crippen molar-refractivity contribution in [2.24, 2.45) is 5.73 Å². The molecule has 0 fully saturated rings. The number of carbonyl (C=O) groups excluding carboxylic acids is 2. The number of nitrogens with one attached hydrogen (secondary N) is 1. The zero-order valence-corrected chi connectivity index (χ0v) is 11.4. The molecule has 5 nitrogen and oxygen atoms in total. The molecule has 20 heavy (non-hydrogen) atoms. The van der Waals surface area contributed by atoms with Gasteiger partial charge in [-0.15, -0.1) is 11.3 Å². The Morgan fingerprint density at radius 3 is 2.75 bits per heavy atom. The molecule has 2 aromatic rings. The SMILES string of the molecule is NC(=O)Cc1csc(NC(=O)/C=C/c2ccccc2)n1. The molecule has 102 valence electrons. The highest BCUT2D eigenvalue weighted by molar-refractivity contribution is 7.14. The van der Waals surface area contributed by atoms with Gasteiger partial charge < -0.3 is 5.73 Å². The molecule has 0 aliphatic heterocycles. The van der Waals surface area contributed by atoms with Crippen molar-refractivity contribution in [2.45, 2.75) is 6.42 Å². The topological polar surface area (TPSA) is 85.1 Å². The summed E-state index contributed by atoms with van der Waals surface area (Å²) in [6, 6.07) is 9.51. The van der Waals surface area contributed by atoms with Gasteiger partial charge in [-0.3, -0.25) is 14.9 Å². The van der Waals surface area contributed by atoms with Crippen LogP contribution in [0.15, 0.2) is 41.8 Å². The lowest BCUT2D eigenvalue weighted by molar-refractivity contribution is -0.117. The van der Waals surface area contributed by atoms with Gasteiger partial charge in [0.25, 0.3) is 0 Å². The first-order valence-electron chi connectivity index (χ1n) is 5.90. The summed E-state index contributed by atoms with van der Waals surface area (Å²) in [5, 5.41) is 4.78. The van der Waals surface area contributed by atoms with Gasteiger partial charge in [0, 0.05) is 11.5 Å². The number of aromatic nitrogens is 1. The minimum atomic E-state index is -0.447. The molecular formula is C14H13N3O2S. The van der Waals surface area contributed by atoms with Gasteiger partial charge in [-0.1, -0.05) is 30.3 Å². The third-order valence-corrected chi connectivity index (χ3v) is 3.17. The molecule has 0 aliphatic carbocycles. The zero-order chi connectivity index (χ0) is 14.4. The lowest BCUT2D eigenvalue weighted by atomic mass is 10.2. The monoisotopic (exact) mass is 287 g/mol. The van der Waals surface area contributed by atoms with Gasteiger partial charge in [-0.25, -0.2) is 4.98 Å². The Balaban J connectivity index is 1.93. The molecule has 2 amide bonds. The van der Waals surface area contributed by atoms with E-state index in [1.807, 2.05) is 30.3 Å². The molecule has 3 N–H and O–H groups in total. The Labute approximate surface area is 120 Å². The van der Waals surface area contributed by atoms with Crippen LogP contribution >= 0.6 is 11.3 Å². The Bertz CT molecular complexity index is 635. The smallest absolute Gasteiger partial charge is 0.250 e. The maximum atomic E-state index is 11.7. The molecule has 0 saturated heterocycles. The minimum absolute atomic E-state index is 0.0756. The number of hydrogen-bond acceptors (Lipinski definition) is 4. The number of anilines is 1. The van der Waals surface area contributed by atoms with Crippen molar-refractivity contribution in [3.05, 3.63) is 53.0 Å². The van der Waals surface area contributed by atoms with E-state index >= 15 is 0 Å². The van der Waals surface area contributed by atoms with E-state index in [1.165, 1.54) is 17.4 Å². The van der Waals surface area contributed by atoms with Crippen molar-refractivity contribution in [3.63, 3.8) is 0 Å². The molecule has 0 atom stereocenters. The highest BCUT2D eigenvalue weighted by Crippen LogP contribution is 2.15. The predicted molar refractivity (Wildman–Crippen MR) is 79.1 cm³/mol. The van der Waals surface area contributed by atoms with Gasteiger partial charge in [-0.05, 0) is 11.6 Å². The van der Waals surface area contributed by atoms with Crippen LogP contribution < -0.4 is 11.1 Å². The van der Waals surface area contributed by atoms with Crippen molar-refractivity contribution in [1.82, 2.24) is 4.98 Å². The maximum Gasteiger partial charge on any atom is 0.250 e. The first kappa shape index (κ1) is 14.0. The van der Waals surface area contributed by atoms with Gasteiger partial charge >= 0.3 is 0 Å². The number of benzene rings is 1. The predicted octanol–water partition coefficient (Wildman–Crippen LogP) is 1.82. The average molecular weight is 287 g/mol. The van der Waals surface area contributed by atoms with Crippen molar-refractivity contribution in [2.75, 3.05) is 5.32 Å². The Morgan fingerprint density at radius 1 is 1.30 bits per heavy atom. The van der Waals surface area contributed by atoms with Crippen molar-refractivity contribution in [3.8, 4) is 0 Å². The van der Waals surface area contributed by atoms with E-state index in [9.17, 15) is 9.59 Å². The molecule has 0 unspecified atom stereocenters. The van der Waals surface area contributed by atoms with E-state index in [0.717, 1.165) is 5.56 Å². The summed E-state index contributed by atoms with van der Waals surface area (Å²) < 4.78 is 0. The Kier molecular flexibility index (Phi) is 4.62. The van der Waals surface area contributed by atoms with Gasteiger partial charge in [0.1, 0.15) is 0 Å². The normalized spacial score (nSPS) is 10.6. The van der Waals surface area contributed by atoms with Crippen LogP contribution in [0.4, 0.5) is 5.13 Å². The van der Waals surface area contributed by atoms with E-state index in [0.29, 0.717) is 10.8 Å². The third-order valence-electron chi connectivity index (χ3n) is 2.36. The standard InChI is InChI=1S/C14H13N3O2S/c15-12(18)8-11-9-20-14(16-11)17-13(19)7-6-10-4-2-1-3-5-10/h1-7,9H,8H2,(H2,15,18)(H,16,17,19)/b7-6+. The number of nitrogens with zero attached hydrogens (tertiary/aromatic N) is 1. The summed E-state index contributed by atoms with van der Waals surface area (Å²) in [6.45, 7) is 0. The average Bonchev–Trinajstić information content (AvgIpc) is 2.84. The molecule has 2 rings (SSSR count). The highest BCUT2D eigenvalue weighted by atomic mass is 32.1. The molecule has 1 heterocycles. The van der Waals surface area contributed by atoms with Crippen molar-refractivity contribution >= 4 is 34.4 Å². The molecular weight excluding hydrogens is 274 g/mol. The van der Waals surface area contributed by atoms with Crippen molar-refractivity contribution in [1.29, 1.82) is 0 Å². The molecule has 6 heteroatoms. The number of rotatable bonds is 5. The zero-order valence-electron chi connectivity index (χ0n) is 10.6. The second-order valence-corrected chi connectivity index (χ2v) is 4.88. The van der Waals surface area contributed by atoms with Gasteiger partial charge in [0.15, 0.2) is 5.13 Å². The summed E-state index contributed by atoms with van der Waals surface area (Å²) in [4.78, 5) is 26.5. The lowest BCUT2D eigenvalue weighted by Gasteiger charge is -1.96. The van der Waals surface area contributed by atoms with Gasteiger partial charge in [-0.2, -0.15) is 0 Å². The molecule has 1 aromatic heterocycles.